The van der Waals surface area contributed by atoms with E-state index in [-0.39, 0.29) is 17.7 Å². The van der Waals surface area contributed by atoms with Gasteiger partial charge in [-0.15, -0.1) is 0 Å². The highest BCUT2D eigenvalue weighted by Crippen LogP contribution is 2.33. The minimum Gasteiger partial charge on any atom is -0.324 e. The summed E-state index contributed by atoms with van der Waals surface area (Å²) in [5, 5.41) is 0. The molecule has 2 N–H and O–H groups in total. The smallest absolute Gasteiger partial charge is 0.152 e. The standard InChI is InChI=1S/C12H23NO/c1-12(11(14)10-13)8-6-4-2-3-5-7-9-12/h2-10,13H2,1H3. The van der Waals surface area contributed by atoms with Crippen molar-refractivity contribution in [2.45, 2.75) is 58.3 Å². The third-order valence-corrected chi connectivity index (χ3v) is 3.57. The molecule has 0 aromatic carbocycles. The van der Waals surface area contributed by atoms with Gasteiger partial charge in [0, 0.05) is 5.41 Å². The summed E-state index contributed by atoms with van der Waals surface area (Å²) in [4.78, 5) is 11.7. The van der Waals surface area contributed by atoms with Gasteiger partial charge in [0.25, 0.3) is 0 Å². The lowest BCUT2D eigenvalue weighted by atomic mass is 9.77. The molecule has 0 radical (unpaired) electrons. The van der Waals surface area contributed by atoms with Gasteiger partial charge in [-0.1, -0.05) is 45.4 Å². The summed E-state index contributed by atoms with van der Waals surface area (Å²) in [6, 6.07) is 0. The zero-order valence-electron chi connectivity index (χ0n) is 9.35. The molecule has 14 heavy (non-hydrogen) atoms. The summed E-state index contributed by atoms with van der Waals surface area (Å²) in [5.41, 5.74) is 5.36. The van der Waals surface area contributed by atoms with Crippen molar-refractivity contribution in [1.82, 2.24) is 0 Å². The molecular weight excluding hydrogens is 174 g/mol. The third-order valence-electron chi connectivity index (χ3n) is 3.57. The Kier molecular flexibility index (Phi) is 4.59. The molecule has 1 fully saturated rings. The highest BCUT2D eigenvalue weighted by atomic mass is 16.1. The highest BCUT2D eigenvalue weighted by molar-refractivity contribution is 5.86. The Balaban J connectivity index is 2.57. The van der Waals surface area contributed by atoms with Crippen LogP contribution >= 0.6 is 0 Å². The number of carbonyl (C=O) groups is 1. The third kappa shape index (κ3) is 3.09. The van der Waals surface area contributed by atoms with Crippen molar-refractivity contribution in [2.75, 3.05) is 6.54 Å². The van der Waals surface area contributed by atoms with E-state index in [2.05, 4.69) is 6.92 Å². The summed E-state index contributed by atoms with van der Waals surface area (Å²) in [7, 11) is 0. The van der Waals surface area contributed by atoms with E-state index in [0.717, 1.165) is 12.8 Å². The molecule has 0 aromatic heterocycles. The van der Waals surface area contributed by atoms with Gasteiger partial charge in [0.2, 0.25) is 0 Å². The first-order valence-corrected chi connectivity index (χ1v) is 5.92. The summed E-state index contributed by atoms with van der Waals surface area (Å²) >= 11 is 0. The number of Topliss-reactive ketones (excluding diaryl/α,β-unsaturated/α-hetero) is 1. The fourth-order valence-corrected chi connectivity index (χ4v) is 2.39. The van der Waals surface area contributed by atoms with Gasteiger partial charge in [0.05, 0.1) is 6.54 Å². The lowest BCUT2D eigenvalue weighted by Crippen LogP contribution is -2.33. The minimum atomic E-state index is -0.112. The fraction of sp³-hybridized carbons (Fsp3) is 0.917. The zero-order chi connectivity index (χ0) is 10.4. The second kappa shape index (κ2) is 5.50. The molecule has 2 nitrogen and oxygen atoms in total. The summed E-state index contributed by atoms with van der Waals surface area (Å²) in [6.07, 6.45) is 9.73. The highest BCUT2D eigenvalue weighted by Gasteiger charge is 2.30. The molecule has 0 aliphatic heterocycles. The van der Waals surface area contributed by atoms with E-state index in [1.165, 1.54) is 38.5 Å². The van der Waals surface area contributed by atoms with E-state index in [9.17, 15) is 4.79 Å². The van der Waals surface area contributed by atoms with Crippen LogP contribution in [0.15, 0.2) is 0 Å². The van der Waals surface area contributed by atoms with Crippen LogP contribution in [-0.2, 0) is 4.79 Å². The van der Waals surface area contributed by atoms with Crippen LogP contribution < -0.4 is 5.73 Å². The first-order valence-electron chi connectivity index (χ1n) is 5.92. The van der Waals surface area contributed by atoms with Crippen molar-refractivity contribution in [3.8, 4) is 0 Å². The molecule has 82 valence electrons. The van der Waals surface area contributed by atoms with Gasteiger partial charge in [-0.2, -0.15) is 0 Å². The molecule has 0 heterocycles. The largest absolute Gasteiger partial charge is 0.324 e. The molecule has 1 aliphatic carbocycles. The summed E-state index contributed by atoms with van der Waals surface area (Å²) < 4.78 is 0. The van der Waals surface area contributed by atoms with Crippen LogP contribution in [0.2, 0.25) is 0 Å². The molecule has 0 atom stereocenters. The van der Waals surface area contributed by atoms with Crippen molar-refractivity contribution in [3.05, 3.63) is 0 Å². The number of hydrogen-bond donors (Lipinski definition) is 1. The van der Waals surface area contributed by atoms with Gasteiger partial charge in [0.1, 0.15) is 0 Å². The molecule has 0 saturated heterocycles. The van der Waals surface area contributed by atoms with Crippen LogP contribution in [0, 0.1) is 5.41 Å². The Bertz CT molecular complexity index is 179. The predicted octanol–water partition coefficient (Wildman–Crippen LogP) is 2.65. The van der Waals surface area contributed by atoms with E-state index in [4.69, 9.17) is 5.73 Å². The average molecular weight is 197 g/mol. The van der Waals surface area contributed by atoms with Crippen molar-refractivity contribution in [3.63, 3.8) is 0 Å². The van der Waals surface area contributed by atoms with Crippen molar-refractivity contribution < 1.29 is 4.79 Å². The molecule has 0 aromatic rings. The Hall–Kier alpha value is -0.370. The van der Waals surface area contributed by atoms with Gasteiger partial charge in [0.15, 0.2) is 5.78 Å². The molecule has 0 unspecified atom stereocenters. The number of ketones is 1. The molecule has 0 bridgehead atoms. The average Bonchev–Trinajstić information content (AvgIpc) is 2.30. The van der Waals surface area contributed by atoms with Crippen molar-refractivity contribution in [1.29, 1.82) is 0 Å². The van der Waals surface area contributed by atoms with E-state index in [1.807, 2.05) is 0 Å². The lowest BCUT2D eigenvalue weighted by molar-refractivity contribution is -0.127. The normalized spacial score (nSPS) is 23.3. The Morgan fingerprint density at radius 3 is 1.93 bits per heavy atom. The second-order valence-electron chi connectivity index (χ2n) is 4.81. The van der Waals surface area contributed by atoms with Crippen LogP contribution in [0.1, 0.15) is 58.3 Å². The number of carbonyl (C=O) groups excluding carboxylic acids is 1. The summed E-state index contributed by atoms with van der Waals surface area (Å²) in [6.45, 7) is 2.32. The molecule has 1 rings (SSSR count). The van der Waals surface area contributed by atoms with Gasteiger partial charge >= 0.3 is 0 Å². The quantitative estimate of drug-likeness (QED) is 0.739. The maximum Gasteiger partial charge on any atom is 0.152 e. The summed E-state index contributed by atoms with van der Waals surface area (Å²) in [5.74, 6) is 0.263. The van der Waals surface area contributed by atoms with Crippen LogP contribution in [0.5, 0.6) is 0 Å². The van der Waals surface area contributed by atoms with Crippen molar-refractivity contribution in [2.24, 2.45) is 11.1 Å². The topological polar surface area (TPSA) is 43.1 Å². The molecule has 0 amide bonds. The molecule has 0 spiro atoms. The van der Waals surface area contributed by atoms with Gasteiger partial charge in [-0.05, 0) is 12.8 Å². The van der Waals surface area contributed by atoms with Crippen molar-refractivity contribution >= 4 is 5.78 Å². The van der Waals surface area contributed by atoms with Crippen LogP contribution in [0.4, 0.5) is 0 Å². The van der Waals surface area contributed by atoms with Gasteiger partial charge < -0.3 is 5.73 Å². The second-order valence-corrected chi connectivity index (χ2v) is 4.81. The van der Waals surface area contributed by atoms with Crippen LogP contribution in [0.25, 0.3) is 0 Å². The number of hydrogen-bond acceptors (Lipinski definition) is 2. The maximum absolute atomic E-state index is 11.7. The van der Waals surface area contributed by atoms with Gasteiger partial charge in [-0.25, -0.2) is 0 Å². The molecule has 2 heteroatoms. The number of nitrogens with two attached hydrogens (primary N) is 1. The maximum atomic E-state index is 11.7. The Morgan fingerprint density at radius 2 is 1.50 bits per heavy atom. The number of rotatable bonds is 2. The lowest BCUT2D eigenvalue weighted by Gasteiger charge is -2.27. The van der Waals surface area contributed by atoms with E-state index >= 15 is 0 Å². The van der Waals surface area contributed by atoms with Crippen LogP contribution in [0.3, 0.4) is 0 Å². The van der Waals surface area contributed by atoms with Gasteiger partial charge in [-0.3, -0.25) is 4.79 Å². The SMILES string of the molecule is CC1(C(=O)CN)CCCCCCCC1. The first-order chi connectivity index (χ1) is 6.69. The molecule has 1 saturated carbocycles. The molecular formula is C12H23NO. The monoisotopic (exact) mass is 197 g/mol. The van der Waals surface area contributed by atoms with E-state index in [0.29, 0.717) is 0 Å². The Labute approximate surface area is 87.2 Å². The minimum absolute atomic E-state index is 0.112. The van der Waals surface area contributed by atoms with E-state index in [1.54, 1.807) is 0 Å². The predicted molar refractivity (Wildman–Crippen MR) is 59.1 cm³/mol. The van der Waals surface area contributed by atoms with Crippen LogP contribution in [-0.4, -0.2) is 12.3 Å². The van der Waals surface area contributed by atoms with E-state index < -0.39 is 0 Å². The Morgan fingerprint density at radius 1 is 1.07 bits per heavy atom. The first kappa shape index (κ1) is 11.7. The fourth-order valence-electron chi connectivity index (χ4n) is 2.39. The zero-order valence-corrected chi connectivity index (χ0v) is 9.35. The molecule has 1 aliphatic rings.